The molecule has 1 unspecified atom stereocenters. The van der Waals surface area contributed by atoms with Gasteiger partial charge in [-0.05, 0) is 52.9 Å². The first-order valence-electron chi connectivity index (χ1n) is 10.4. The van der Waals surface area contributed by atoms with Gasteiger partial charge in [-0.25, -0.2) is 0 Å². The van der Waals surface area contributed by atoms with E-state index in [-0.39, 0.29) is 12.0 Å². The van der Waals surface area contributed by atoms with Crippen LogP contribution in [0, 0.1) is 11.8 Å². The lowest BCUT2D eigenvalue weighted by Gasteiger charge is -2.47. The summed E-state index contributed by atoms with van der Waals surface area (Å²) in [7, 11) is 0. The molecule has 1 nitrogen and oxygen atoms in total. The van der Waals surface area contributed by atoms with Crippen LogP contribution in [-0.2, 0) is 0 Å². The van der Waals surface area contributed by atoms with Crippen LogP contribution in [0.1, 0.15) is 41.4 Å². The molecule has 0 aromatic heterocycles. The first-order valence-corrected chi connectivity index (χ1v) is 10.4. The van der Waals surface area contributed by atoms with E-state index in [0.717, 1.165) is 12.8 Å². The van der Waals surface area contributed by atoms with Crippen LogP contribution in [0.15, 0.2) is 97.1 Å². The number of hydrogen-bond acceptors (Lipinski definition) is 1. The third-order valence-corrected chi connectivity index (χ3v) is 6.74. The summed E-state index contributed by atoms with van der Waals surface area (Å²) in [5.74, 6) is 1.40. The lowest BCUT2D eigenvalue weighted by Crippen LogP contribution is -2.40. The highest BCUT2D eigenvalue weighted by molar-refractivity contribution is 5.71. The average molecular weight is 367 g/mol. The van der Waals surface area contributed by atoms with Crippen LogP contribution < -0.4 is 0 Å². The van der Waals surface area contributed by atoms with Crippen LogP contribution in [-0.4, -0.2) is 11.2 Å². The fraction of sp³-hybridized carbons (Fsp3) is 0.259. The second-order valence-electron chi connectivity index (χ2n) is 8.25. The van der Waals surface area contributed by atoms with E-state index in [9.17, 15) is 5.11 Å². The first kappa shape index (κ1) is 17.5. The maximum atomic E-state index is 11.1. The Labute approximate surface area is 167 Å². The minimum Gasteiger partial charge on any atom is -0.393 e. The molecule has 0 aliphatic heterocycles. The summed E-state index contributed by atoms with van der Waals surface area (Å²) in [4.78, 5) is 0. The SMILES string of the molecule is OC1C[C@@H](c2ccccc2)[C@H]2C[C@@H]1[C@H](c1ccccc1)C=C2c1ccccc1. The molecular formula is C27H26O. The van der Waals surface area contributed by atoms with Gasteiger partial charge >= 0.3 is 0 Å². The van der Waals surface area contributed by atoms with Gasteiger partial charge in [-0.2, -0.15) is 0 Å². The monoisotopic (exact) mass is 366 g/mol. The van der Waals surface area contributed by atoms with E-state index >= 15 is 0 Å². The summed E-state index contributed by atoms with van der Waals surface area (Å²) in [6.45, 7) is 0. The Kier molecular flexibility index (Phi) is 4.62. The van der Waals surface area contributed by atoms with Gasteiger partial charge in [0.15, 0.2) is 0 Å². The van der Waals surface area contributed by atoms with E-state index in [1.165, 1.54) is 22.3 Å². The van der Waals surface area contributed by atoms with Gasteiger partial charge in [0.2, 0.25) is 0 Å². The number of allylic oxidation sites excluding steroid dienone is 2. The average Bonchev–Trinajstić information content (AvgIpc) is 2.78. The molecule has 140 valence electrons. The Morgan fingerprint density at radius 3 is 1.82 bits per heavy atom. The second-order valence-corrected chi connectivity index (χ2v) is 8.25. The molecule has 0 spiro atoms. The Morgan fingerprint density at radius 1 is 0.607 bits per heavy atom. The number of hydrogen-bond donors (Lipinski definition) is 1. The zero-order valence-electron chi connectivity index (χ0n) is 16.0. The zero-order chi connectivity index (χ0) is 18.9. The molecule has 2 aliphatic carbocycles. The van der Waals surface area contributed by atoms with Crippen molar-refractivity contribution in [2.24, 2.45) is 11.8 Å². The van der Waals surface area contributed by atoms with Crippen LogP contribution in [0.5, 0.6) is 0 Å². The first-order chi connectivity index (χ1) is 13.8. The number of rotatable bonds is 3. The van der Waals surface area contributed by atoms with Gasteiger partial charge < -0.3 is 5.11 Å². The molecular weight excluding hydrogens is 340 g/mol. The molecule has 2 aliphatic rings. The number of benzene rings is 3. The van der Waals surface area contributed by atoms with E-state index in [1.54, 1.807) is 0 Å². The molecule has 28 heavy (non-hydrogen) atoms. The highest BCUT2D eigenvalue weighted by Gasteiger charge is 2.45. The van der Waals surface area contributed by atoms with Crippen molar-refractivity contribution in [3.8, 4) is 0 Å². The van der Waals surface area contributed by atoms with Gasteiger partial charge in [0.05, 0.1) is 6.10 Å². The standard InChI is InChI=1S/C27H26O/c28-27-18-24(21-14-8-3-9-15-21)25-17-26(27)23(20-12-6-2-7-13-20)16-22(25)19-10-4-1-5-11-19/h1-16,23-28H,17-18H2/t23-,24-,25-,26+,27?/m0/s1. The predicted molar refractivity (Wildman–Crippen MR) is 115 cm³/mol. The van der Waals surface area contributed by atoms with E-state index in [2.05, 4.69) is 97.1 Å². The molecule has 1 saturated carbocycles. The number of fused-ring (bicyclic) bond motifs is 2. The summed E-state index contributed by atoms with van der Waals surface area (Å²) in [6.07, 6.45) is 4.08. The molecule has 0 saturated heterocycles. The lowest BCUT2D eigenvalue weighted by atomic mass is 9.58. The maximum Gasteiger partial charge on any atom is 0.0583 e. The summed E-state index contributed by atoms with van der Waals surface area (Å²) >= 11 is 0. The van der Waals surface area contributed by atoms with Crippen molar-refractivity contribution >= 4 is 5.57 Å². The summed E-state index contributed by atoms with van der Waals surface area (Å²) in [6, 6.07) is 32.3. The number of aliphatic hydroxyl groups excluding tert-OH is 1. The van der Waals surface area contributed by atoms with Crippen molar-refractivity contribution in [1.29, 1.82) is 0 Å². The fourth-order valence-electron chi connectivity index (χ4n) is 5.41. The van der Waals surface area contributed by atoms with Crippen molar-refractivity contribution in [3.05, 3.63) is 114 Å². The Balaban J connectivity index is 1.63. The van der Waals surface area contributed by atoms with Crippen LogP contribution in [0.4, 0.5) is 0 Å². The van der Waals surface area contributed by atoms with E-state index in [4.69, 9.17) is 0 Å². The molecule has 3 aromatic rings. The van der Waals surface area contributed by atoms with Crippen molar-refractivity contribution in [3.63, 3.8) is 0 Å². The van der Waals surface area contributed by atoms with Gasteiger partial charge in [-0.1, -0.05) is 97.1 Å². The second kappa shape index (κ2) is 7.41. The number of aliphatic hydroxyl groups is 1. The normalized spacial score (nSPS) is 29.2. The molecule has 5 rings (SSSR count). The molecule has 2 bridgehead atoms. The maximum absolute atomic E-state index is 11.1. The van der Waals surface area contributed by atoms with Gasteiger partial charge in [-0.3, -0.25) is 0 Å². The molecule has 3 aromatic carbocycles. The van der Waals surface area contributed by atoms with E-state index in [0.29, 0.717) is 17.8 Å². The molecule has 0 heterocycles. The van der Waals surface area contributed by atoms with Crippen LogP contribution in [0.3, 0.4) is 0 Å². The van der Waals surface area contributed by atoms with Crippen molar-refractivity contribution in [2.75, 3.05) is 0 Å². The molecule has 1 heteroatoms. The Hall–Kier alpha value is -2.64. The topological polar surface area (TPSA) is 20.2 Å². The zero-order valence-corrected chi connectivity index (χ0v) is 16.0. The smallest absolute Gasteiger partial charge is 0.0583 e. The molecule has 5 atom stereocenters. The van der Waals surface area contributed by atoms with Crippen molar-refractivity contribution in [2.45, 2.75) is 30.8 Å². The van der Waals surface area contributed by atoms with Crippen molar-refractivity contribution in [1.82, 2.24) is 0 Å². The Morgan fingerprint density at radius 2 is 1.18 bits per heavy atom. The van der Waals surface area contributed by atoms with Crippen molar-refractivity contribution < 1.29 is 5.11 Å². The summed E-state index contributed by atoms with van der Waals surface area (Å²) in [5, 5.41) is 11.1. The molecule has 0 radical (unpaired) electrons. The van der Waals surface area contributed by atoms with Gasteiger partial charge in [-0.15, -0.1) is 0 Å². The van der Waals surface area contributed by atoms with Crippen LogP contribution in [0.25, 0.3) is 5.57 Å². The van der Waals surface area contributed by atoms with E-state index in [1.807, 2.05) is 0 Å². The Bertz CT molecular complexity index is 945. The van der Waals surface area contributed by atoms with E-state index < -0.39 is 0 Å². The third kappa shape index (κ3) is 3.10. The summed E-state index contributed by atoms with van der Waals surface area (Å²) in [5.41, 5.74) is 5.44. The van der Waals surface area contributed by atoms with Crippen LogP contribution in [0.2, 0.25) is 0 Å². The third-order valence-electron chi connectivity index (χ3n) is 6.74. The predicted octanol–water partition coefficient (Wildman–Crippen LogP) is 6.04. The highest BCUT2D eigenvalue weighted by Crippen LogP contribution is 2.54. The highest BCUT2D eigenvalue weighted by atomic mass is 16.3. The minimum atomic E-state index is -0.264. The molecule has 0 amide bonds. The molecule has 1 fully saturated rings. The fourth-order valence-corrected chi connectivity index (χ4v) is 5.41. The molecule has 1 N–H and O–H groups in total. The lowest BCUT2D eigenvalue weighted by molar-refractivity contribution is 0.0357. The minimum absolute atomic E-state index is 0.264. The van der Waals surface area contributed by atoms with Gasteiger partial charge in [0, 0.05) is 5.92 Å². The quantitative estimate of drug-likeness (QED) is 0.599. The van der Waals surface area contributed by atoms with Gasteiger partial charge in [0.1, 0.15) is 0 Å². The summed E-state index contributed by atoms with van der Waals surface area (Å²) < 4.78 is 0. The van der Waals surface area contributed by atoms with Gasteiger partial charge in [0.25, 0.3) is 0 Å². The largest absolute Gasteiger partial charge is 0.393 e. The van der Waals surface area contributed by atoms with Crippen LogP contribution >= 0.6 is 0 Å².